The Morgan fingerprint density at radius 3 is 2.22 bits per heavy atom. The predicted octanol–water partition coefficient (Wildman–Crippen LogP) is 3.63. The highest BCUT2D eigenvalue weighted by Gasteiger charge is 2.69. The zero-order valence-corrected chi connectivity index (χ0v) is 10.2. The van der Waals surface area contributed by atoms with E-state index in [0.717, 1.165) is 0 Å². The summed E-state index contributed by atoms with van der Waals surface area (Å²) < 4.78 is 43.0. The van der Waals surface area contributed by atoms with E-state index < -0.39 is 23.1 Å². The minimum Gasteiger partial charge on any atom is -0.308 e. The SMILES string of the molecule is CC1(F)CC1(OC(F)F)c1ccc(C(=O)Cl)cc1. The van der Waals surface area contributed by atoms with Crippen LogP contribution < -0.4 is 0 Å². The lowest BCUT2D eigenvalue weighted by Crippen LogP contribution is -2.24. The fourth-order valence-corrected chi connectivity index (χ4v) is 2.21. The average molecular weight is 279 g/mol. The van der Waals surface area contributed by atoms with Crippen LogP contribution in [0.3, 0.4) is 0 Å². The van der Waals surface area contributed by atoms with Crippen molar-refractivity contribution < 1.29 is 22.7 Å². The molecule has 1 aliphatic rings. The van der Waals surface area contributed by atoms with E-state index in [-0.39, 0.29) is 17.5 Å². The maximum absolute atomic E-state index is 13.9. The first kappa shape index (κ1) is 13.4. The smallest absolute Gasteiger partial charge is 0.308 e. The molecule has 2 atom stereocenters. The Balaban J connectivity index is 2.31. The number of carbonyl (C=O) groups is 1. The molecule has 1 saturated carbocycles. The second-order valence-electron chi connectivity index (χ2n) is 4.43. The minimum atomic E-state index is -3.06. The van der Waals surface area contributed by atoms with Crippen molar-refractivity contribution in [3.8, 4) is 0 Å². The molecule has 0 amide bonds. The minimum absolute atomic E-state index is 0.140. The quantitative estimate of drug-likeness (QED) is 0.786. The number of ether oxygens (including phenoxy) is 1. The summed E-state index contributed by atoms with van der Waals surface area (Å²) in [5.74, 6) is 0. The third-order valence-electron chi connectivity index (χ3n) is 3.17. The van der Waals surface area contributed by atoms with E-state index in [1.807, 2.05) is 0 Å². The molecule has 0 aromatic heterocycles. The first-order valence-corrected chi connectivity index (χ1v) is 5.61. The first-order valence-electron chi connectivity index (χ1n) is 5.24. The van der Waals surface area contributed by atoms with Crippen molar-refractivity contribution >= 4 is 16.8 Å². The van der Waals surface area contributed by atoms with Gasteiger partial charge in [0, 0.05) is 12.0 Å². The molecule has 2 nitrogen and oxygen atoms in total. The second-order valence-corrected chi connectivity index (χ2v) is 4.77. The molecule has 6 heteroatoms. The molecule has 1 aromatic rings. The van der Waals surface area contributed by atoms with Crippen molar-refractivity contribution in [2.75, 3.05) is 0 Å². The van der Waals surface area contributed by atoms with Gasteiger partial charge in [-0.1, -0.05) is 12.1 Å². The monoisotopic (exact) mass is 278 g/mol. The summed E-state index contributed by atoms with van der Waals surface area (Å²) in [6.45, 7) is -1.85. The van der Waals surface area contributed by atoms with Gasteiger partial charge in [0.05, 0.1) is 0 Å². The van der Waals surface area contributed by atoms with Gasteiger partial charge < -0.3 is 4.74 Å². The molecule has 2 rings (SSSR count). The van der Waals surface area contributed by atoms with Crippen molar-refractivity contribution in [3.05, 3.63) is 35.4 Å². The van der Waals surface area contributed by atoms with Crippen LogP contribution in [0.25, 0.3) is 0 Å². The normalized spacial score (nSPS) is 30.6. The summed E-state index contributed by atoms with van der Waals surface area (Å²) in [6.07, 6.45) is -0.140. The molecule has 0 radical (unpaired) electrons. The maximum atomic E-state index is 13.9. The second kappa shape index (κ2) is 4.24. The van der Waals surface area contributed by atoms with Crippen LogP contribution in [0.15, 0.2) is 24.3 Å². The lowest BCUT2D eigenvalue weighted by atomic mass is 10.0. The Hall–Kier alpha value is -1.07. The fraction of sp³-hybridized carbons (Fsp3) is 0.417. The van der Waals surface area contributed by atoms with E-state index in [1.165, 1.54) is 31.2 Å². The molecule has 18 heavy (non-hydrogen) atoms. The van der Waals surface area contributed by atoms with Crippen molar-refractivity contribution in [1.82, 2.24) is 0 Å². The summed E-state index contributed by atoms with van der Waals surface area (Å²) in [6, 6.07) is 5.47. The molecule has 98 valence electrons. The summed E-state index contributed by atoms with van der Waals surface area (Å²) in [7, 11) is 0. The molecule has 2 unspecified atom stereocenters. The van der Waals surface area contributed by atoms with Gasteiger partial charge in [-0.15, -0.1) is 0 Å². The molecular weight excluding hydrogens is 269 g/mol. The molecule has 0 N–H and O–H groups in total. The number of rotatable bonds is 4. The lowest BCUT2D eigenvalue weighted by molar-refractivity contribution is -0.189. The predicted molar refractivity (Wildman–Crippen MR) is 59.5 cm³/mol. The molecule has 0 heterocycles. The van der Waals surface area contributed by atoms with Crippen molar-refractivity contribution in [1.29, 1.82) is 0 Å². The van der Waals surface area contributed by atoms with Gasteiger partial charge in [-0.05, 0) is 36.2 Å². The van der Waals surface area contributed by atoms with Crippen LogP contribution in [0, 0.1) is 0 Å². The lowest BCUT2D eigenvalue weighted by Gasteiger charge is -2.19. The Morgan fingerprint density at radius 1 is 1.39 bits per heavy atom. The van der Waals surface area contributed by atoms with E-state index in [2.05, 4.69) is 4.74 Å². The number of alkyl halides is 3. The average Bonchev–Trinajstić information content (AvgIpc) is 2.80. The summed E-state index contributed by atoms with van der Waals surface area (Å²) in [5.41, 5.74) is -2.98. The van der Waals surface area contributed by atoms with Crippen molar-refractivity contribution in [3.63, 3.8) is 0 Å². The highest BCUT2D eigenvalue weighted by atomic mass is 35.5. The number of hydrogen-bond acceptors (Lipinski definition) is 2. The third-order valence-corrected chi connectivity index (χ3v) is 3.38. The molecule has 1 aromatic carbocycles. The summed E-state index contributed by atoms with van der Waals surface area (Å²) in [4.78, 5) is 10.9. The number of carbonyl (C=O) groups excluding carboxylic acids is 1. The first-order chi connectivity index (χ1) is 8.28. The molecule has 0 aliphatic heterocycles. The van der Waals surface area contributed by atoms with E-state index in [0.29, 0.717) is 0 Å². The van der Waals surface area contributed by atoms with Crippen LogP contribution in [-0.2, 0) is 10.3 Å². The molecule has 1 aliphatic carbocycles. The summed E-state index contributed by atoms with van der Waals surface area (Å²) >= 11 is 5.26. The van der Waals surface area contributed by atoms with Gasteiger partial charge in [0.15, 0.2) is 0 Å². The zero-order valence-electron chi connectivity index (χ0n) is 9.42. The standard InChI is InChI=1S/C12H10ClF3O2/c1-11(16)6-12(11,18-10(14)15)8-4-2-7(3-5-8)9(13)17/h2-5,10H,6H2,1H3. The van der Waals surface area contributed by atoms with Crippen LogP contribution in [-0.4, -0.2) is 17.5 Å². The van der Waals surface area contributed by atoms with Crippen LogP contribution in [0.5, 0.6) is 0 Å². The van der Waals surface area contributed by atoms with Gasteiger partial charge in [0.2, 0.25) is 0 Å². The topological polar surface area (TPSA) is 26.3 Å². The molecular formula is C12H10ClF3O2. The van der Waals surface area contributed by atoms with Crippen LogP contribution in [0.1, 0.15) is 29.3 Å². The number of halogens is 4. The maximum Gasteiger partial charge on any atom is 0.346 e. The van der Waals surface area contributed by atoms with Crippen LogP contribution in [0.4, 0.5) is 13.2 Å². The highest BCUT2D eigenvalue weighted by Crippen LogP contribution is 2.61. The molecule has 0 saturated heterocycles. The van der Waals surface area contributed by atoms with E-state index >= 15 is 0 Å². The number of benzene rings is 1. The van der Waals surface area contributed by atoms with E-state index in [1.54, 1.807) is 0 Å². The van der Waals surface area contributed by atoms with Gasteiger partial charge in [-0.25, -0.2) is 4.39 Å². The van der Waals surface area contributed by atoms with Gasteiger partial charge in [0.25, 0.3) is 5.24 Å². The third kappa shape index (κ3) is 2.12. The van der Waals surface area contributed by atoms with Gasteiger partial charge in [-0.2, -0.15) is 8.78 Å². The number of hydrogen-bond donors (Lipinski definition) is 0. The molecule has 0 bridgehead atoms. The van der Waals surface area contributed by atoms with Gasteiger partial charge >= 0.3 is 6.61 Å². The zero-order chi connectivity index (χ0) is 13.6. The van der Waals surface area contributed by atoms with Gasteiger partial charge in [0.1, 0.15) is 11.3 Å². The molecule has 1 fully saturated rings. The Bertz CT molecular complexity index is 473. The Kier molecular flexibility index (Phi) is 3.15. The Labute approximate surface area is 107 Å². The molecule has 0 spiro atoms. The van der Waals surface area contributed by atoms with Gasteiger partial charge in [-0.3, -0.25) is 4.79 Å². The van der Waals surface area contributed by atoms with Crippen molar-refractivity contribution in [2.24, 2.45) is 0 Å². The van der Waals surface area contributed by atoms with Crippen molar-refractivity contribution in [2.45, 2.75) is 31.2 Å². The van der Waals surface area contributed by atoms with E-state index in [4.69, 9.17) is 11.6 Å². The largest absolute Gasteiger partial charge is 0.346 e. The Morgan fingerprint density at radius 2 is 1.89 bits per heavy atom. The van der Waals surface area contributed by atoms with Crippen LogP contribution >= 0.6 is 11.6 Å². The highest BCUT2D eigenvalue weighted by molar-refractivity contribution is 6.67. The van der Waals surface area contributed by atoms with E-state index in [9.17, 15) is 18.0 Å². The van der Waals surface area contributed by atoms with Crippen LogP contribution in [0.2, 0.25) is 0 Å². The fourth-order valence-electron chi connectivity index (χ4n) is 2.08. The summed E-state index contributed by atoms with van der Waals surface area (Å²) in [5, 5.41) is -0.663.